The third-order valence-corrected chi connectivity index (χ3v) is 5.66. The molecule has 1 N–H and O–H groups in total. The lowest BCUT2D eigenvalue weighted by Crippen LogP contribution is -2.41. The largest absolute Gasteiger partial charge is 0.487 e. The molecule has 166 valence electrons. The number of methoxy groups -OCH3 is 2. The molecule has 1 aromatic carbocycles. The highest BCUT2D eigenvalue weighted by molar-refractivity contribution is 9.10. The molecule has 8 nitrogen and oxygen atoms in total. The average molecular weight is 492 g/mol. The summed E-state index contributed by atoms with van der Waals surface area (Å²) < 4.78 is 16.6. The van der Waals surface area contributed by atoms with Gasteiger partial charge >= 0.3 is 6.09 Å². The van der Waals surface area contributed by atoms with Gasteiger partial charge in [0.2, 0.25) is 5.88 Å². The van der Waals surface area contributed by atoms with Crippen LogP contribution in [-0.2, 0) is 11.3 Å². The van der Waals surface area contributed by atoms with E-state index in [9.17, 15) is 9.59 Å². The van der Waals surface area contributed by atoms with Crippen molar-refractivity contribution < 1.29 is 23.8 Å². The molecule has 0 saturated carbocycles. The molecule has 31 heavy (non-hydrogen) atoms. The number of nitrogens with one attached hydrogen (secondary N) is 1. The van der Waals surface area contributed by atoms with Crippen LogP contribution in [0, 0.1) is 6.92 Å². The molecule has 1 saturated heterocycles. The third kappa shape index (κ3) is 5.88. The zero-order valence-electron chi connectivity index (χ0n) is 17.8. The molecular formula is C22H26BrN3O5. The van der Waals surface area contributed by atoms with Crippen molar-refractivity contribution in [3.63, 3.8) is 0 Å². The zero-order chi connectivity index (χ0) is 22.4. The van der Waals surface area contributed by atoms with Gasteiger partial charge in [-0.1, -0.05) is 29.8 Å². The van der Waals surface area contributed by atoms with Gasteiger partial charge in [0.05, 0.1) is 14.2 Å². The first-order valence-corrected chi connectivity index (χ1v) is 10.8. The number of carbonyl (C=O) groups excluding carboxylic acids is 2. The predicted octanol–water partition coefficient (Wildman–Crippen LogP) is 3.70. The molecule has 1 aliphatic heterocycles. The Bertz CT molecular complexity index is 927. The lowest BCUT2D eigenvalue weighted by atomic mass is 10.1. The number of likely N-dealkylation sites (tertiary alicyclic amines) is 1. The quantitative estimate of drug-likeness (QED) is 0.619. The normalized spacial score (nSPS) is 14.1. The molecule has 0 radical (unpaired) electrons. The Morgan fingerprint density at radius 2 is 1.87 bits per heavy atom. The number of ether oxygens (including phenoxy) is 3. The minimum atomic E-state index is -0.335. The lowest BCUT2D eigenvalue weighted by molar-refractivity contribution is 0.0781. The van der Waals surface area contributed by atoms with Gasteiger partial charge in [-0.15, -0.1) is 0 Å². The van der Waals surface area contributed by atoms with Crippen molar-refractivity contribution in [3.05, 3.63) is 51.6 Å². The molecule has 1 aliphatic rings. The summed E-state index contributed by atoms with van der Waals surface area (Å²) in [7, 11) is 2.84. The van der Waals surface area contributed by atoms with E-state index in [1.807, 2.05) is 31.2 Å². The van der Waals surface area contributed by atoms with Crippen LogP contribution in [0.3, 0.4) is 0 Å². The number of aromatic nitrogens is 1. The number of carbonyl (C=O) groups is 2. The fraction of sp³-hybridized carbons (Fsp3) is 0.409. The van der Waals surface area contributed by atoms with Crippen molar-refractivity contribution in [2.24, 2.45) is 0 Å². The first kappa shape index (κ1) is 22.9. The van der Waals surface area contributed by atoms with E-state index in [1.54, 1.807) is 11.0 Å². The number of benzene rings is 1. The Kier molecular flexibility index (Phi) is 7.73. The molecule has 3 rings (SSSR count). The van der Waals surface area contributed by atoms with Gasteiger partial charge in [0.1, 0.15) is 11.7 Å². The highest BCUT2D eigenvalue weighted by atomic mass is 79.9. The van der Waals surface area contributed by atoms with E-state index in [0.29, 0.717) is 48.4 Å². The summed E-state index contributed by atoms with van der Waals surface area (Å²) in [5, 5.41) is 2.90. The summed E-state index contributed by atoms with van der Waals surface area (Å²) in [5.74, 6) is 0.363. The molecule has 9 heteroatoms. The summed E-state index contributed by atoms with van der Waals surface area (Å²) in [4.78, 5) is 30.4. The molecule has 2 amide bonds. The van der Waals surface area contributed by atoms with Gasteiger partial charge in [0, 0.05) is 38.5 Å². The van der Waals surface area contributed by atoms with Gasteiger partial charge in [0.15, 0.2) is 10.4 Å². The van der Waals surface area contributed by atoms with E-state index in [-0.39, 0.29) is 24.0 Å². The Labute approximate surface area is 190 Å². The van der Waals surface area contributed by atoms with Crippen LogP contribution < -0.4 is 14.8 Å². The standard InChI is InChI=1S/C22H26BrN3O5/c1-14-4-6-15(7-5-14)13-24-20(27)17-12-18(19(23)25-21(17)29-2)31-16-8-10-26(11-9-16)22(28)30-3/h4-7,12,16H,8-11,13H2,1-3H3,(H,24,27). The summed E-state index contributed by atoms with van der Waals surface area (Å²) in [5.41, 5.74) is 2.45. The molecular weight excluding hydrogens is 466 g/mol. The number of amides is 2. The maximum atomic E-state index is 12.8. The van der Waals surface area contributed by atoms with Crippen LogP contribution in [0.2, 0.25) is 0 Å². The molecule has 1 fully saturated rings. The lowest BCUT2D eigenvalue weighted by Gasteiger charge is -2.31. The Morgan fingerprint density at radius 3 is 2.48 bits per heavy atom. The van der Waals surface area contributed by atoms with Crippen LogP contribution in [0.15, 0.2) is 34.9 Å². The fourth-order valence-corrected chi connectivity index (χ4v) is 3.68. The number of hydrogen-bond acceptors (Lipinski definition) is 6. The summed E-state index contributed by atoms with van der Waals surface area (Å²) in [6, 6.07) is 9.58. The van der Waals surface area contributed by atoms with Crippen LogP contribution in [0.5, 0.6) is 11.6 Å². The Hall–Kier alpha value is -2.81. The van der Waals surface area contributed by atoms with Crippen molar-refractivity contribution in [2.45, 2.75) is 32.4 Å². The van der Waals surface area contributed by atoms with Crippen molar-refractivity contribution in [3.8, 4) is 11.6 Å². The maximum absolute atomic E-state index is 12.8. The molecule has 2 aromatic rings. The molecule has 0 spiro atoms. The van der Waals surface area contributed by atoms with Crippen molar-refractivity contribution in [1.82, 2.24) is 15.2 Å². The van der Waals surface area contributed by atoms with Crippen molar-refractivity contribution in [1.29, 1.82) is 0 Å². The average Bonchev–Trinajstić information content (AvgIpc) is 2.79. The van der Waals surface area contributed by atoms with E-state index in [4.69, 9.17) is 14.2 Å². The number of rotatable bonds is 6. The van der Waals surface area contributed by atoms with E-state index < -0.39 is 0 Å². The molecule has 0 atom stereocenters. The zero-order valence-corrected chi connectivity index (χ0v) is 19.4. The van der Waals surface area contributed by atoms with Gasteiger partial charge < -0.3 is 24.4 Å². The Morgan fingerprint density at radius 1 is 1.19 bits per heavy atom. The number of aryl methyl sites for hydroxylation is 1. The number of hydrogen-bond donors (Lipinski definition) is 1. The second-order valence-corrected chi connectivity index (χ2v) is 8.03. The third-order valence-electron chi connectivity index (χ3n) is 5.09. The van der Waals surface area contributed by atoms with Gasteiger partial charge in [0.25, 0.3) is 5.91 Å². The maximum Gasteiger partial charge on any atom is 0.409 e. The minimum absolute atomic E-state index is 0.101. The smallest absolute Gasteiger partial charge is 0.409 e. The van der Waals surface area contributed by atoms with Crippen molar-refractivity contribution in [2.75, 3.05) is 27.3 Å². The highest BCUT2D eigenvalue weighted by Gasteiger charge is 2.26. The van der Waals surface area contributed by atoms with E-state index in [1.165, 1.54) is 14.2 Å². The molecule has 2 heterocycles. The highest BCUT2D eigenvalue weighted by Crippen LogP contribution is 2.31. The van der Waals surface area contributed by atoms with Crippen LogP contribution in [-0.4, -0.2) is 55.3 Å². The summed E-state index contributed by atoms with van der Waals surface area (Å²) in [6.45, 7) is 3.49. The second kappa shape index (κ2) is 10.5. The topological polar surface area (TPSA) is 90.0 Å². The van der Waals surface area contributed by atoms with E-state index >= 15 is 0 Å². The predicted molar refractivity (Wildman–Crippen MR) is 118 cm³/mol. The SMILES string of the molecule is COC(=O)N1CCC(Oc2cc(C(=O)NCc3ccc(C)cc3)c(OC)nc2Br)CC1. The van der Waals surface area contributed by atoms with Gasteiger partial charge in [-0.2, -0.15) is 0 Å². The van der Waals surface area contributed by atoms with Crippen LogP contribution in [0.4, 0.5) is 4.79 Å². The molecule has 0 unspecified atom stereocenters. The van der Waals surface area contributed by atoms with Crippen LogP contribution >= 0.6 is 15.9 Å². The van der Waals surface area contributed by atoms with Crippen LogP contribution in [0.1, 0.15) is 34.3 Å². The summed E-state index contributed by atoms with van der Waals surface area (Å²) >= 11 is 3.39. The minimum Gasteiger partial charge on any atom is -0.487 e. The number of piperidine rings is 1. The summed E-state index contributed by atoms with van der Waals surface area (Å²) in [6.07, 6.45) is 0.875. The molecule has 0 aliphatic carbocycles. The first-order valence-electron chi connectivity index (χ1n) is 9.99. The second-order valence-electron chi connectivity index (χ2n) is 7.28. The molecule has 0 bridgehead atoms. The van der Waals surface area contributed by atoms with Gasteiger partial charge in [-0.05, 0) is 28.4 Å². The first-order chi connectivity index (χ1) is 14.9. The monoisotopic (exact) mass is 491 g/mol. The van der Waals surface area contributed by atoms with E-state index in [2.05, 4.69) is 26.2 Å². The Balaban J connectivity index is 1.68. The van der Waals surface area contributed by atoms with Gasteiger partial charge in [-0.25, -0.2) is 9.78 Å². The number of pyridine rings is 1. The number of nitrogens with zero attached hydrogens (tertiary/aromatic N) is 2. The van der Waals surface area contributed by atoms with Crippen molar-refractivity contribution >= 4 is 27.9 Å². The fourth-order valence-electron chi connectivity index (χ4n) is 3.31. The molecule has 1 aromatic heterocycles. The number of halogens is 1. The van der Waals surface area contributed by atoms with Crippen LogP contribution in [0.25, 0.3) is 0 Å². The van der Waals surface area contributed by atoms with Gasteiger partial charge in [-0.3, -0.25) is 4.79 Å². The van der Waals surface area contributed by atoms with E-state index in [0.717, 1.165) is 11.1 Å².